The summed E-state index contributed by atoms with van der Waals surface area (Å²) in [7, 11) is 0. The summed E-state index contributed by atoms with van der Waals surface area (Å²) in [6, 6.07) is 17.7. The van der Waals surface area contributed by atoms with Gasteiger partial charge in [-0.05, 0) is 46.5 Å². The number of hydrogen-bond acceptors (Lipinski definition) is 1. The Morgan fingerprint density at radius 1 is 0.950 bits per heavy atom. The van der Waals surface area contributed by atoms with Crippen molar-refractivity contribution in [3.8, 4) is 11.1 Å². The lowest BCUT2D eigenvalue weighted by Crippen LogP contribution is -1.92. The summed E-state index contributed by atoms with van der Waals surface area (Å²) in [5.41, 5.74) is 3.79. The minimum Gasteiger partial charge on any atom is -0.298 e. The zero-order chi connectivity index (χ0) is 14.1. The Morgan fingerprint density at radius 3 is 2.45 bits per heavy atom. The van der Waals surface area contributed by atoms with Gasteiger partial charge in [0.1, 0.15) is 0 Å². The van der Waals surface area contributed by atoms with Gasteiger partial charge in [0.25, 0.3) is 0 Å². The molecule has 0 radical (unpaired) electrons. The van der Waals surface area contributed by atoms with Gasteiger partial charge in [0.2, 0.25) is 0 Å². The number of carbonyl (C=O) groups excluding carboxylic acids is 1. The van der Waals surface area contributed by atoms with Crippen molar-refractivity contribution in [2.75, 3.05) is 0 Å². The van der Waals surface area contributed by atoms with Crippen LogP contribution >= 0.6 is 11.6 Å². The first-order valence-corrected chi connectivity index (χ1v) is 6.82. The highest BCUT2D eigenvalue weighted by Gasteiger charge is 2.10. The largest absolute Gasteiger partial charge is 0.298 e. The molecule has 0 spiro atoms. The van der Waals surface area contributed by atoms with Gasteiger partial charge >= 0.3 is 0 Å². The quantitative estimate of drug-likeness (QED) is 0.584. The van der Waals surface area contributed by atoms with Gasteiger partial charge in [-0.1, -0.05) is 54.1 Å². The SMILES string of the molecule is Cc1cc(Cl)ccc1-c1ccc2ccccc2c1C=O. The molecular formula is C18H13ClO. The zero-order valence-electron chi connectivity index (χ0n) is 11.1. The van der Waals surface area contributed by atoms with Crippen molar-refractivity contribution >= 4 is 28.7 Å². The second-order valence-electron chi connectivity index (χ2n) is 4.83. The number of rotatable bonds is 2. The van der Waals surface area contributed by atoms with Crippen LogP contribution in [0.3, 0.4) is 0 Å². The fourth-order valence-electron chi connectivity index (χ4n) is 2.59. The van der Waals surface area contributed by atoms with Crippen molar-refractivity contribution in [3.63, 3.8) is 0 Å². The van der Waals surface area contributed by atoms with Crippen LogP contribution in [-0.2, 0) is 0 Å². The van der Waals surface area contributed by atoms with E-state index >= 15 is 0 Å². The smallest absolute Gasteiger partial charge is 0.151 e. The fraction of sp³-hybridized carbons (Fsp3) is 0.0556. The first-order valence-electron chi connectivity index (χ1n) is 6.44. The van der Waals surface area contributed by atoms with E-state index in [0.29, 0.717) is 5.02 Å². The second kappa shape index (κ2) is 5.10. The van der Waals surface area contributed by atoms with Gasteiger partial charge in [0.05, 0.1) is 0 Å². The van der Waals surface area contributed by atoms with E-state index in [0.717, 1.165) is 39.3 Å². The van der Waals surface area contributed by atoms with Crippen LogP contribution in [0.25, 0.3) is 21.9 Å². The fourth-order valence-corrected chi connectivity index (χ4v) is 2.81. The van der Waals surface area contributed by atoms with Gasteiger partial charge in [-0.25, -0.2) is 0 Å². The maximum absolute atomic E-state index is 11.6. The number of fused-ring (bicyclic) bond motifs is 1. The first kappa shape index (κ1) is 12.9. The molecule has 0 unspecified atom stereocenters. The van der Waals surface area contributed by atoms with Crippen molar-refractivity contribution < 1.29 is 4.79 Å². The molecule has 3 aromatic carbocycles. The molecule has 98 valence electrons. The van der Waals surface area contributed by atoms with Crippen LogP contribution in [0.1, 0.15) is 15.9 Å². The van der Waals surface area contributed by atoms with Gasteiger partial charge in [-0.15, -0.1) is 0 Å². The van der Waals surface area contributed by atoms with Gasteiger partial charge < -0.3 is 0 Å². The first-order chi connectivity index (χ1) is 9.70. The summed E-state index contributed by atoms with van der Waals surface area (Å²) in [5, 5.41) is 2.76. The molecule has 0 N–H and O–H groups in total. The van der Waals surface area contributed by atoms with Crippen LogP contribution in [0.4, 0.5) is 0 Å². The Morgan fingerprint density at radius 2 is 1.70 bits per heavy atom. The Hall–Kier alpha value is -2.12. The van der Waals surface area contributed by atoms with E-state index in [2.05, 4.69) is 0 Å². The van der Waals surface area contributed by atoms with E-state index in [-0.39, 0.29) is 0 Å². The maximum atomic E-state index is 11.6. The summed E-state index contributed by atoms with van der Waals surface area (Å²) in [6.45, 7) is 2.00. The number of benzene rings is 3. The zero-order valence-corrected chi connectivity index (χ0v) is 11.8. The molecule has 2 heteroatoms. The van der Waals surface area contributed by atoms with E-state index in [1.165, 1.54) is 0 Å². The Bertz CT molecular complexity index is 806. The second-order valence-corrected chi connectivity index (χ2v) is 5.26. The predicted octanol–water partition coefficient (Wildman–Crippen LogP) is 5.28. The Labute approximate surface area is 122 Å². The number of aryl methyl sites for hydroxylation is 1. The van der Waals surface area contributed by atoms with Crippen LogP contribution in [0.2, 0.25) is 5.02 Å². The van der Waals surface area contributed by atoms with Gasteiger partial charge in [0.15, 0.2) is 6.29 Å². The summed E-state index contributed by atoms with van der Waals surface area (Å²) < 4.78 is 0. The van der Waals surface area contributed by atoms with Gasteiger partial charge in [-0.2, -0.15) is 0 Å². The lowest BCUT2D eigenvalue weighted by molar-refractivity contribution is 0.112. The minimum atomic E-state index is 0.708. The van der Waals surface area contributed by atoms with E-state index in [4.69, 9.17) is 11.6 Å². The summed E-state index contributed by atoms with van der Waals surface area (Å²) in [4.78, 5) is 11.6. The Balaban J connectivity index is 2.33. The van der Waals surface area contributed by atoms with E-state index in [1.54, 1.807) is 0 Å². The molecule has 0 fully saturated rings. The summed E-state index contributed by atoms with van der Waals surface area (Å²) in [5.74, 6) is 0. The molecule has 0 saturated carbocycles. The number of hydrogen-bond donors (Lipinski definition) is 0. The molecule has 0 aromatic heterocycles. The molecule has 3 rings (SSSR count). The summed E-state index contributed by atoms with van der Waals surface area (Å²) in [6.07, 6.45) is 0.936. The Kier molecular flexibility index (Phi) is 3.29. The molecular weight excluding hydrogens is 268 g/mol. The molecule has 0 saturated heterocycles. The lowest BCUT2D eigenvalue weighted by Gasteiger charge is -2.11. The topological polar surface area (TPSA) is 17.1 Å². The van der Waals surface area contributed by atoms with Gasteiger partial charge in [0, 0.05) is 10.6 Å². The standard InChI is InChI=1S/C18H13ClO/c1-12-10-14(19)7-9-15(12)17-8-6-13-4-2-3-5-16(13)18(17)11-20/h2-11H,1H3. The maximum Gasteiger partial charge on any atom is 0.151 e. The van der Waals surface area contributed by atoms with E-state index in [1.807, 2.05) is 61.5 Å². The van der Waals surface area contributed by atoms with Crippen LogP contribution in [0.15, 0.2) is 54.6 Å². The molecule has 20 heavy (non-hydrogen) atoms. The average Bonchev–Trinajstić information content (AvgIpc) is 2.46. The van der Waals surface area contributed by atoms with Crippen molar-refractivity contribution in [3.05, 3.63) is 70.7 Å². The van der Waals surface area contributed by atoms with Crippen molar-refractivity contribution in [1.82, 2.24) is 0 Å². The number of aldehydes is 1. The molecule has 1 nitrogen and oxygen atoms in total. The molecule has 3 aromatic rings. The minimum absolute atomic E-state index is 0.708. The highest BCUT2D eigenvalue weighted by molar-refractivity contribution is 6.30. The third-order valence-electron chi connectivity index (χ3n) is 3.57. The van der Waals surface area contributed by atoms with Crippen LogP contribution < -0.4 is 0 Å². The molecule has 0 amide bonds. The predicted molar refractivity (Wildman–Crippen MR) is 84.5 cm³/mol. The lowest BCUT2D eigenvalue weighted by atomic mass is 9.92. The van der Waals surface area contributed by atoms with Crippen LogP contribution in [0.5, 0.6) is 0 Å². The van der Waals surface area contributed by atoms with Crippen molar-refractivity contribution in [2.45, 2.75) is 6.92 Å². The van der Waals surface area contributed by atoms with E-state index < -0.39 is 0 Å². The van der Waals surface area contributed by atoms with Crippen LogP contribution in [0, 0.1) is 6.92 Å². The molecule has 0 aliphatic rings. The highest BCUT2D eigenvalue weighted by atomic mass is 35.5. The van der Waals surface area contributed by atoms with Crippen LogP contribution in [-0.4, -0.2) is 6.29 Å². The van der Waals surface area contributed by atoms with Crippen molar-refractivity contribution in [1.29, 1.82) is 0 Å². The third-order valence-corrected chi connectivity index (χ3v) is 3.80. The van der Waals surface area contributed by atoms with Crippen molar-refractivity contribution in [2.24, 2.45) is 0 Å². The summed E-state index contributed by atoms with van der Waals surface area (Å²) >= 11 is 6.00. The third kappa shape index (κ3) is 2.10. The van der Waals surface area contributed by atoms with Gasteiger partial charge in [-0.3, -0.25) is 4.79 Å². The molecule has 0 heterocycles. The number of carbonyl (C=O) groups is 1. The monoisotopic (exact) mass is 280 g/mol. The highest BCUT2D eigenvalue weighted by Crippen LogP contribution is 2.32. The van der Waals surface area contributed by atoms with E-state index in [9.17, 15) is 4.79 Å². The molecule has 0 aliphatic heterocycles. The average molecular weight is 281 g/mol. The molecule has 0 aliphatic carbocycles. The number of halogens is 1. The molecule has 0 atom stereocenters. The molecule has 0 bridgehead atoms. The normalized spacial score (nSPS) is 10.7.